The summed E-state index contributed by atoms with van der Waals surface area (Å²) in [6, 6.07) is 5.92. The Morgan fingerprint density at radius 3 is 2.82 bits per heavy atom. The topological polar surface area (TPSA) is 73.1 Å². The molecular formula is C15H15FN4O2. The van der Waals surface area contributed by atoms with Crippen molar-refractivity contribution in [1.29, 1.82) is 0 Å². The summed E-state index contributed by atoms with van der Waals surface area (Å²) < 4.78 is 23.7. The van der Waals surface area contributed by atoms with Gasteiger partial charge in [-0.15, -0.1) is 0 Å². The van der Waals surface area contributed by atoms with Crippen LogP contribution in [0.2, 0.25) is 0 Å². The van der Waals surface area contributed by atoms with Gasteiger partial charge in [0.25, 0.3) is 5.71 Å². The molecule has 114 valence electrons. The first-order chi connectivity index (χ1) is 10.6. The van der Waals surface area contributed by atoms with Crippen molar-refractivity contribution in [2.75, 3.05) is 11.9 Å². The summed E-state index contributed by atoms with van der Waals surface area (Å²) in [7, 11) is 0. The Bertz CT molecular complexity index is 773. The van der Waals surface area contributed by atoms with E-state index < -0.39 is 0 Å². The summed E-state index contributed by atoms with van der Waals surface area (Å²) in [5.74, 6) is 0.979. The number of nitrogens with one attached hydrogen (secondary N) is 1. The molecule has 0 amide bonds. The summed E-state index contributed by atoms with van der Waals surface area (Å²) in [6.07, 6.45) is 1.29. The molecule has 0 radical (unpaired) electrons. The van der Waals surface area contributed by atoms with Crippen LogP contribution in [0.15, 0.2) is 35.1 Å². The molecule has 2 heterocycles. The highest BCUT2D eigenvalue weighted by molar-refractivity contribution is 5.87. The van der Waals surface area contributed by atoms with Crippen molar-refractivity contribution in [1.82, 2.24) is 15.1 Å². The summed E-state index contributed by atoms with van der Waals surface area (Å²) in [5, 5.41) is 7.83. The van der Waals surface area contributed by atoms with Crippen molar-refractivity contribution in [2.24, 2.45) is 0 Å². The number of halogens is 1. The minimum Gasteiger partial charge on any atom is -0.489 e. The normalized spacial score (nSPS) is 12.3. The summed E-state index contributed by atoms with van der Waals surface area (Å²) in [5.41, 5.74) is 1.17. The lowest BCUT2D eigenvalue weighted by molar-refractivity contribution is 0.234. The molecule has 6 nitrogen and oxygen atoms in total. The van der Waals surface area contributed by atoms with Crippen LogP contribution >= 0.6 is 0 Å². The summed E-state index contributed by atoms with van der Waals surface area (Å²) in [4.78, 5) is 8.22. The Hall–Kier alpha value is -2.70. The van der Waals surface area contributed by atoms with Gasteiger partial charge in [0, 0.05) is 0 Å². The molecule has 3 rings (SSSR count). The standard InChI is InChI=1S/C15H15FN4O2/c1-9(21-12-5-3-11(16)4-6-12)7-17-14-13-10(2)20-22-15(13)19-8-18-14/h3-6,8-9H,7H2,1-2H3,(H,17,18,19). The highest BCUT2D eigenvalue weighted by Crippen LogP contribution is 2.22. The second-order valence-electron chi connectivity index (χ2n) is 4.93. The van der Waals surface area contributed by atoms with Crippen molar-refractivity contribution >= 4 is 16.9 Å². The molecule has 0 aliphatic rings. The monoisotopic (exact) mass is 302 g/mol. The van der Waals surface area contributed by atoms with Gasteiger partial charge < -0.3 is 14.6 Å². The number of ether oxygens (including phenoxy) is 1. The average Bonchev–Trinajstić information content (AvgIpc) is 2.90. The van der Waals surface area contributed by atoms with Crippen molar-refractivity contribution in [3.8, 4) is 5.75 Å². The number of aryl methyl sites for hydroxylation is 1. The molecule has 1 unspecified atom stereocenters. The lowest BCUT2D eigenvalue weighted by Gasteiger charge is -2.16. The number of rotatable bonds is 5. The molecular weight excluding hydrogens is 287 g/mol. The van der Waals surface area contributed by atoms with E-state index in [1.165, 1.54) is 18.5 Å². The quantitative estimate of drug-likeness (QED) is 0.781. The van der Waals surface area contributed by atoms with Gasteiger partial charge in [-0.25, -0.2) is 9.37 Å². The van der Waals surface area contributed by atoms with Crippen molar-refractivity contribution in [3.05, 3.63) is 42.1 Å². The predicted molar refractivity (Wildman–Crippen MR) is 79.3 cm³/mol. The van der Waals surface area contributed by atoms with Gasteiger partial charge in [-0.1, -0.05) is 5.16 Å². The SMILES string of the molecule is Cc1noc2ncnc(NCC(C)Oc3ccc(F)cc3)c12. The summed E-state index contributed by atoms with van der Waals surface area (Å²) in [6.45, 7) is 4.27. The second-order valence-corrected chi connectivity index (χ2v) is 4.93. The van der Waals surface area contributed by atoms with Crippen LogP contribution in [0.1, 0.15) is 12.6 Å². The number of nitrogens with zero attached hydrogens (tertiary/aromatic N) is 3. The number of anilines is 1. The predicted octanol–water partition coefficient (Wildman–Crippen LogP) is 2.94. The largest absolute Gasteiger partial charge is 0.489 e. The zero-order valence-corrected chi connectivity index (χ0v) is 12.2. The highest BCUT2D eigenvalue weighted by Gasteiger charge is 2.13. The highest BCUT2D eigenvalue weighted by atomic mass is 19.1. The molecule has 0 aliphatic carbocycles. The molecule has 22 heavy (non-hydrogen) atoms. The lowest BCUT2D eigenvalue weighted by atomic mass is 10.3. The Labute approximate surface area is 126 Å². The van der Waals surface area contributed by atoms with E-state index in [2.05, 4.69) is 20.4 Å². The van der Waals surface area contributed by atoms with Crippen molar-refractivity contribution in [2.45, 2.75) is 20.0 Å². The molecule has 7 heteroatoms. The molecule has 0 saturated carbocycles. The van der Waals surface area contributed by atoms with E-state index >= 15 is 0 Å². The van der Waals surface area contributed by atoms with Crippen LogP contribution in [0.4, 0.5) is 10.2 Å². The van der Waals surface area contributed by atoms with E-state index in [1.54, 1.807) is 12.1 Å². The van der Waals surface area contributed by atoms with Gasteiger partial charge in [-0.05, 0) is 38.1 Å². The van der Waals surface area contributed by atoms with Crippen molar-refractivity contribution < 1.29 is 13.7 Å². The fraction of sp³-hybridized carbons (Fsp3) is 0.267. The van der Waals surface area contributed by atoms with Gasteiger partial charge in [0.2, 0.25) is 0 Å². The van der Waals surface area contributed by atoms with Crippen molar-refractivity contribution in [3.63, 3.8) is 0 Å². The number of hydrogen-bond donors (Lipinski definition) is 1. The van der Waals surface area contributed by atoms with Gasteiger partial charge in [-0.3, -0.25) is 0 Å². The number of aromatic nitrogens is 3. The van der Waals surface area contributed by atoms with E-state index in [-0.39, 0.29) is 11.9 Å². The van der Waals surface area contributed by atoms with Gasteiger partial charge in [0.05, 0.1) is 12.2 Å². The first-order valence-electron chi connectivity index (χ1n) is 6.86. The fourth-order valence-corrected chi connectivity index (χ4v) is 2.08. The first kappa shape index (κ1) is 14.2. The zero-order valence-electron chi connectivity index (χ0n) is 12.2. The molecule has 0 aliphatic heterocycles. The molecule has 1 aromatic carbocycles. The van der Waals surface area contributed by atoms with E-state index in [0.717, 1.165) is 11.1 Å². The van der Waals surface area contributed by atoms with E-state index in [4.69, 9.17) is 9.26 Å². The third kappa shape index (κ3) is 2.98. The smallest absolute Gasteiger partial charge is 0.263 e. The van der Waals surface area contributed by atoms with E-state index in [0.29, 0.717) is 23.8 Å². The van der Waals surface area contributed by atoms with Crippen LogP contribution in [-0.2, 0) is 0 Å². The number of benzene rings is 1. The molecule has 0 fully saturated rings. The van der Waals surface area contributed by atoms with Gasteiger partial charge in [0.1, 0.15) is 35.2 Å². The minimum absolute atomic E-state index is 0.129. The van der Waals surface area contributed by atoms with Gasteiger partial charge in [0.15, 0.2) is 0 Å². The maximum atomic E-state index is 12.9. The first-order valence-corrected chi connectivity index (χ1v) is 6.86. The molecule has 0 bridgehead atoms. The number of hydrogen-bond acceptors (Lipinski definition) is 6. The minimum atomic E-state index is -0.288. The second kappa shape index (κ2) is 5.97. The van der Waals surface area contributed by atoms with E-state index in [1.807, 2.05) is 13.8 Å². The van der Waals surface area contributed by atoms with Crippen LogP contribution in [0, 0.1) is 12.7 Å². The Kier molecular flexibility index (Phi) is 3.86. The van der Waals surface area contributed by atoms with Gasteiger partial charge >= 0.3 is 0 Å². The van der Waals surface area contributed by atoms with Crippen LogP contribution in [0.3, 0.4) is 0 Å². The van der Waals surface area contributed by atoms with E-state index in [9.17, 15) is 4.39 Å². The molecule has 0 saturated heterocycles. The zero-order chi connectivity index (χ0) is 15.5. The van der Waals surface area contributed by atoms with Crippen LogP contribution in [-0.4, -0.2) is 27.8 Å². The Morgan fingerprint density at radius 2 is 2.05 bits per heavy atom. The third-order valence-corrected chi connectivity index (χ3v) is 3.15. The lowest BCUT2D eigenvalue weighted by Crippen LogP contribution is -2.23. The Balaban J connectivity index is 1.66. The molecule has 3 aromatic rings. The number of fused-ring (bicyclic) bond motifs is 1. The molecule has 2 aromatic heterocycles. The molecule has 0 spiro atoms. The molecule has 1 N–H and O–H groups in total. The Morgan fingerprint density at radius 1 is 1.27 bits per heavy atom. The maximum Gasteiger partial charge on any atom is 0.263 e. The van der Waals surface area contributed by atoms with Crippen LogP contribution in [0.25, 0.3) is 11.1 Å². The van der Waals surface area contributed by atoms with Gasteiger partial charge in [-0.2, -0.15) is 4.98 Å². The fourth-order valence-electron chi connectivity index (χ4n) is 2.08. The third-order valence-electron chi connectivity index (χ3n) is 3.15. The molecule has 1 atom stereocenters. The average molecular weight is 302 g/mol. The summed E-state index contributed by atoms with van der Waals surface area (Å²) >= 11 is 0. The van der Waals surface area contributed by atoms with Crippen LogP contribution < -0.4 is 10.1 Å². The van der Waals surface area contributed by atoms with Crippen LogP contribution in [0.5, 0.6) is 5.75 Å². The maximum absolute atomic E-state index is 12.9.